The van der Waals surface area contributed by atoms with Crippen LogP contribution in [0.15, 0.2) is 53.8 Å². The Labute approximate surface area is 125 Å². The second kappa shape index (κ2) is 4.78. The molecule has 0 saturated heterocycles. The van der Waals surface area contributed by atoms with Gasteiger partial charge < -0.3 is 10.1 Å². The van der Waals surface area contributed by atoms with Crippen molar-refractivity contribution in [1.82, 2.24) is 19.6 Å². The Morgan fingerprint density at radius 2 is 2.14 bits per heavy atom. The molecule has 4 aromatic rings. The number of aromatic amines is 1. The molecule has 0 spiro atoms. The van der Waals surface area contributed by atoms with E-state index in [-0.39, 0.29) is 12.1 Å². The molecule has 0 aliphatic heterocycles. The summed E-state index contributed by atoms with van der Waals surface area (Å²) in [6.45, 7) is 0.268. The highest BCUT2D eigenvalue weighted by atomic mass is 16.1. The fourth-order valence-electron chi connectivity index (χ4n) is 2.73. The standard InChI is InChI=1S/C16H13N5O/c17-7-14-12-6-10(3-4-11(12)16(22)20-19-14)13-8-18-9-21-5-1-2-15(13)21/h1-6,8-9H,7,17H2,(H,20,22). The number of nitrogens with two attached hydrogens (primary N) is 1. The average Bonchev–Trinajstić information content (AvgIpc) is 3.03. The Bertz CT molecular complexity index is 1050. The van der Waals surface area contributed by atoms with Gasteiger partial charge in [0.25, 0.3) is 5.56 Å². The first kappa shape index (κ1) is 12.7. The number of aromatic nitrogens is 4. The molecule has 0 radical (unpaired) electrons. The number of hydrogen-bond acceptors (Lipinski definition) is 4. The summed E-state index contributed by atoms with van der Waals surface area (Å²) in [4.78, 5) is 16.1. The van der Waals surface area contributed by atoms with Crippen LogP contribution in [-0.2, 0) is 6.54 Å². The van der Waals surface area contributed by atoms with E-state index in [0.717, 1.165) is 22.0 Å². The van der Waals surface area contributed by atoms with Gasteiger partial charge >= 0.3 is 0 Å². The first-order chi connectivity index (χ1) is 10.8. The largest absolute Gasteiger partial charge is 0.325 e. The number of rotatable bonds is 2. The predicted octanol–water partition coefficient (Wildman–Crippen LogP) is 1.70. The summed E-state index contributed by atoms with van der Waals surface area (Å²) in [5, 5.41) is 7.87. The maximum absolute atomic E-state index is 11.9. The number of nitrogens with zero attached hydrogens (tertiary/aromatic N) is 3. The van der Waals surface area contributed by atoms with E-state index in [1.807, 2.05) is 41.1 Å². The molecule has 4 rings (SSSR count). The summed E-state index contributed by atoms with van der Waals surface area (Å²) in [6, 6.07) is 9.67. The molecule has 3 aromatic heterocycles. The smallest absolute Gasteiger partial charge is 0.272 e. The number of nitrogens with one attached hydrogen (secondary N) is 1. The van der Waals surface area contributed by atoms with Gasteiger partial charge in [0.1, 0.15) is 0 Å². The molecular weight excluding hydrogens is 278 g/mol. The van der Waals surface area contributed by atoms with Gasteiger partial charge in [-0.05, 0) is 29.8 Å². The Balaban J connectivity index is 2.04. The van der Waals surface area contributed by atoms with E-state index in [1.54, 1.807) is 12.4 Å². The van der Waals surface area contributed by atoms with Crippen LogP contribution >= 0.6 is 0 Å². The second-order valence-electron chi connectivity index (χ2n) is 5.07. The van der Waals surface area contributed by atoms with Crippen molar-refractivity contribution in [2.75, 3.05) is 0 Å². The molecule has 108 valence electrons. The van der Waals surface area contributed by atoms with Crippen LogP contribution in [0.25, 0.3) is 27.4 Å². The summed E-state index contributed by atoms with van der Waals surface area (Å²) in [5.74, 6) is 0. The number of hydrogen-bond donors (Lipinski definition) is 2. The quantitative estimate of drug-likeness (QED) is 0.588. The van der Waals surface area contributed by atoms with Gasteiger partial charge in [-0.15, -0.1) is 0 Å². The van der Waals surface area contributed by atoms with Gasteiger partial charge in [0, 0.05) is 29.9 Å². The lowest BCUT2D eigenvalue weighted by Crippen LogP contribution is -2.13. The van der Waals surface area contributed by atoms with E-state index in [9.17, 15) is 4.79 Å². The van der Waals surface area contributed by atoms with Crippen LogP contribution in [0, 0.1) is 0 Å². The molecular formula is C16H13N5O. The lowest BCUT2D eigenvalue weighted by atomic mass is 10.0. The van der Waals surface area contributed by atoms with Gasteiger partial charge in [-0.25, -0.2) is 10.1 Å². The molecule has 0 aliphatic rings. The van der Waals surface area contributed by atoms with Crippen LogP contribution in [0.5, 0.6) is 0 Å². The molecule has 0 bridgehead atoms. The minimum atomic E-state index is -0.210. The fourth-order valence-corrected chi connectivity index (χ4v) is 2.73. The molecule has 0 fully saturated rings. The third-order valence-electron chi connectivity index (χ3n) is 3.82. The predicted molar refractivity (Wildman–Crippen MR) is 84.4 cm³/mol. The lowest BCUT2D eigenvalue weighted by Gasteiger charge is -2.07. The number of H-pyrrole nitrogens is 1. The van der Waals surface area contributed by atoms with Crippen molar-refractivity contribution in [2.24, 2.45) is 5.73 Å². The monoisotopic (exact) mass is 291 g/mol. The van der Waals surface area contributed by atoms with E-state index < -0.39 is 0 Å². The molecule has 0 aliphatic carbocycles. The molecule has 1 aromatic carbocycles. The minimum absolute atomic E-state index is 0.210. The SMILES string of the molecule is NCc1n[nH]c(=O)c2ccc(-c3cncn4cccc34)cc12. The zero-order chi connectivity index (χ0) is 15.1. The van der Waals surface area contributed by atoms with Gasteiger partial charge in [-0.2, -0.15) is 5.10 Å². The van der Waals surface area contributed by atoms with Crippen molar-refractivity contribution in [3.63, 3.8) is 0 Å². The molecule has 6 nitrogen and oxygen atoms in total. The Morgan fingerprint density at radius 3 is 3.00 bits per heavy atom. The highest BCUT2D eigenvalue weighted by Gasteiger charge is 2.09. The zero-order valence-electron chi connectivity index (χ0n) is 11.7. The van der Waals surface area contributed by atoms with E-state index in [0.29, 0.717) is 11.1 Å². The zero-order valence-corrected chi connectivity index (χ0v) is 11.7. The summed E-state index contributed by atoms with van der Waals surface area (Å²) in [5.41, 5.74) is 9.22. The van der Waals surface area contributed by atoms with Crippen molar-refractivity contribution < 1.29 is 0 Å². The van der Waals surface area contributed by atoms with Crippen LogP contribution in [-0.4, -0.2) is 19.6 Å². The van der Waals surface area contributed by atoms with E-state index in [2.05, 4.69) is 15.2 Å². The van der Waals surface area contributed by atoms with E-state index in [1.165, 1.54) is 0 Å². The lowest BCUT2D eigenvalue weighted by molar-refractivity contribution is 0.900. The first-order valence-corrected chi connectivity index (χ1v) is 6.90. The summed E-state index contributed by atoms with van der Waals surface area (Å²) >= 11 is 0. The molecule has 3 N–H and O–H groups in total. The summed E-state index contributed by atoms with van der Waals surface area (Å²) in [7, 11) is 0. The highest BCUT2D eigenvalue weighted by molar-refractivity contribution is 5.91. The third-order valence-corrected chi connectivity index (χ3v) is 3.82. The van der Waals surface area contributed by atoms with Gasteiger partial charge in [0.2, 0.25) is 0 Å². The molecule has 0 unspecified atom stereocenters. The number of fused-ring (bicyclic) bond motifs is 2. The van der Waals surface area contributed by atoms with Crippen molar-refractivity contribution in [3.8, 4) is 11.1 Å². The van der Waals surface area contributed by atoms with E-state index >= 15 is 0 Å². The normalized spacial score (nSPS) is 11.3. The molecule has 0 saturated carbocycles. The third kappa shape index (κ3) is 1.82. The van der Waals surface area contributed by atoms with Crippen molar-refractivity contribution >= 4 is 16.3 Å². The van der Waals surface area contributed by atoms with Gasteiger partial charge in [0.05, 0.1) is 22.9 Å². The highest BCUT2D eigenvalue weighted by Crippen LogP contribution is 2.27. The van der Waals surface area contributed by atoms with Crippen LogP contribution in [0.2, 0.25) is 0 Å². The Hall–Kier alpha value is -2.99. The van der Waals surface area contributed by atoms with Crippen LogP contribution in [0.4, 0.5) is 0 Å². The van der Waals surface area contributed by atoms with Gasteiger partial charge in [-0.3, -0.25) is 4.79 Å². The maximum atomic E-state index is 11.9. The molecule has 3 heterocycles. The van der Waals surface area contributed by atoms with Gasteiger partial charge in [-0.1, -0.05) is 6.07 Å². The van der Waals surface area contributed by atoms with E-state index in [4.69, 9.17) is 5.73 Å². The molecule has 22 heavy (non-hydrogen) atoms. The minimum Gasteiger partial charge on any atom is -0.325 e. The average molecular weight is 291 g/mol. The maximum Gasteiger partial charge on any atom is 0.272 e. The van der Waals surface area contributed by atoms with Crippen molar-refractivity contribution in [2.45, 2.75) is 6.54 Å². The van der Waals surface area contributed by atoms with Crippen LogP contribution < -0.4 is 11.3 Å². The molecule has 0 amide bonds. The summed E-state index contributed by atoms with van der Waals surface area (Å²) < 4.78 is 1.96. The van der Waals surface area contributed by atoms with Gasteiger partial charge in [0.15, 0.2) is 0 Å². The topological polar surface area (TPSA) is 89.1 Å². The van der Waals surface area contributed by atoms with Crippen LogP contribution in [0.3, 0.4) is 0 Å². The van der Waals surface area contributed by atoms with Crippen molar-refractivity contribution in [1.29, 1.82) is 0 Å². The molecule has 6 heteroatoms. The first-order valence-electron chi connectivity index (χ1n) is 6.90. The summed E-state index contributed by atoms with van der Waals surface area (Å²) in [6.07, 6.45) is 5.53. The fraction of sp³-hybridized carbons (Fsp3) is 0.0625. The van der Waals surface area contributed by atoms with Crippen molar-refractivity contribution in [3.05, 3.63) is 65.1 Å². The van der Waals surface area contributed by atoms with Crippen LogP contribution in [0.1, 0.15) is 5.69 Å². The number of benzene rings is 1. The molecule has 0 atom stereocenters. The second-order valence-corrected chi connectivity index (χ2v) is 5.07. The Morgan fingerprint density at radius 1 is 1.23 bits per heavy atom. The Kier molecular flexibility index (Phi) is 2.77.